The molecule has 0 bridgehead atoms. The second-order valence-corrected chi connectivity index (χ2v) is 12.8. The van der Waals surface area contributed by atoms with E-state index in [4.69, 9.17) is 26.8 Å². The first-order chi connectivity index (χ1) is 20.9. The van der Waals surface area contributed by atoms with Gasteiger partial charge in [-0.3, -0.25) is 9.59 Å². The number of ether oxygens (including phenoxy) is 2. The summed E-state index contributed by atoms with van der Waals surface area (Å²) in [7, 11) is 1.48. The minimum absolute atomic E-state index is 0.0345. The standard InChI is InChI=1S/C31H29ClF2N4O5S/c1-15-37-27-22(42-2)10-18(11-23(27)44-15)29(40)36-14-31(41,30(34)7-8-30)24-12-19-17(4-6-25(35)39)13-43-28(19)26(38-24)16-3-5-21(33)20(32)9-16/h3,5,9-12,17,41H,4,6-8,13-14H2,1-2H3,(H2,35,39)(H,36,40)/t17-,31?/m1/s1. The molecule has 0 spiro atoms. The summed E-state index contributed by atoms with van der Waals surface area (Å²) in [5.74, 6) is -1.19. The molecule has 2 atom stereocenters. The third kappa shape index (κ3) is 5.35. The molecule has 2 aromatic carbocycles. The molecule has 1 saturated carbocycles. The molecule has 0 radical (unpaired) electrons. The van der Waals surface area contributed by atoms with E-state index in [1.807, 2.05) is 6.92 Å². The number of aliphatic hydroxyl groups is 1. The van der Waals surface area contributed by atoms with Gasteiger partial charge in [0, 0.05) is 29.0 Å². The fourth-order valence-corrected chi connectivity index (χ4v) is 6.66. The van der Waals surface area contributed by atoms with Crippen LogP contribution in [0.2, 0.25) is 5.02 Å². The molecule has 2 aromatic heterocycles. The fourth-order valence-electron chi connectivity index (χ4n) is 5.60. The molecule has 44 heavy (non-hydrogen) atoms. The summed E-state index contributed by atoms with van der Waals surface area (Å²) >= 11 is 7.48. The predicted molar refractivity (Wildman–Crippen MR) is 162 cm³/mol. The van der Waals surface area contributed by atoms with Gasteiger partial charge in [0.1, 0.15) is 34.2 Å². The molecule has 230 valence electrons. The molecule has 2 amide bonds. The number of benzene rings is 2. The van der Waals surface area contributed by atoms with Crippen molar-refractivity contribution in [3.05, 3.63) is 69.1 Å². The Balaban J connectivity index is 1.40. The number of aromatic nitrogens is 2. The summed E-state index contributed by atoms with van der Waals surface area (Å²) in [5, 5.41) is 15.4. The number of nitrogens with zero attached hydrogens (tertiary/aromatic N) is 2. The Morgan fingerprint density at radius 2 is 2.05 bits per heavy atom. The zero-order valence-corrected chi connectivity index (χ0v) is 25.5. The number of rotatable bonds is 10. The summed E-state index contributed by atoms with van der Waals surface area (Å²) in [6.07, 6.45) is 0.546. The molecule has 1 unspecified atom stereocenters. The van der Waals surface area contributed by atoms with E-state index in [2.05, 4.69) is 15.3 Å². The average molecular weight is 643 g/mol. The minimum atomic E-state index is -2.23. The van der Waals surface area contributed by atoms with Gasteiger partial charge in [-0.25, -0.2) is 18.7 Å². The SMILES string of the molecule is COc1cc(C(=O)NCC(O)(c2cc3c(c(-c4ccc(F)c(Cl)c4)n2)OC[C@H]3CCC(N)=O)C2(F)CC2)cc2sc(C)nc12. The zero-order valence-electron chi connectivity index (χ0n) is 23.9. The average Bonchev–Trinajstić information content (AvgIpc) is 3.45. The number of pyridine rings is 1. The number of nitrogens with two attached hydrogens (primary N) is 1. The van der Waals surface area contributed by atoms with Gasteiger partial charge in [0.15, 0.2) is 5.60 Å². The van der Waals surface area contributed by atoms with Crippen molar-refractivity contribution in [2.24, 2.45) is 5.73 Å². The number of hydrogen-bond acceptors (Lipinski definition) is 8. The fraction of sp³-hybridized carbons (Fsp3) is 0.355. The molecule has 3 heterocycles. The Labute approximate surface area is 260 Å². The third-order valence-corrected chi connectivity index (χ3v) is 9.42. The van der Waals surface area contributed by atoms with Crippen LogP contribution in [0, 0.1) is 12.7 Å². The van der Waals surface area contributed by atoms with Crippen molar-refractivity contribution in [1.29, 1.82) is 0 Å². The highest BCUT2D eigenvalue weighted by atomic mass is 35.5. The highest BCUT2D eigenvalue weighted by Gasteiger charge is 2.62. The number of amides is 2. The lowest BCUT2D eigenvalue weighted by Gasteiger charge is -2.32. The monoisotopic (exact) mass is 642 g/mol. The summed E-state index contributed by atoms with van der Waals surface area (Å²) in [4.78, 5) is 34.0. The Hall–Kier alpha value is -3.87. The zero-order chi connectivity index (χ0) is 31.4. The van der Waals surface area contributed by atoms with E-state index in [0.29, 0.717) is 34.6 Å². The molecule has 4 aromatic rings. The van der Waals surface area contributed by atoms with Crippen LogP contribution in [0.5, 0.6) is 11.5 Å². The topological polar surface area (TPSA) is 137 Å². The number of aryl methyl sites for hydroxylation is 1. The molecule has 6 rings (SSSR count). The summed E-state index contributed by atoms with van der Waals surface area (Å²) < 4.78 is 42.3. The van der Waals surface area contributed by atoms with Gasteiger partial charge < -0.3 is 25.6 Å². The summed E-state index contributed by atoms with van der Waals surface area (Å²) in [6.45, 7) is 1.56. The van der Waals surface area contributed by atoms with Gasteiger partial charge >= 0.3 is 0 Å². The lowest BCUT2D eigenvalue weighted by molar-refractivity contribution is -0.118. The van der Waals surface area contributed by atoms with E-state index in [1.165, 1.54) is 36.6 Å². The second kappa shape index (κ2) is 11.2. The number of methoxy groups -OCH3 is 1. The number of carbonyl (C=O) groups excluding carboxylic acids is 2. The lowest BCUT2D eigenvalue weighted by Crippen LogP contribution is -2.49. The van der Waals surface area contributed by atoms with Gasteiger partial charge in [-0.05, 0) is 62.6 Å². The molecular weight excluding hydrogens is 614 g/mol. The van der Waals surface area contributed by atoms with E-state index < -0.39 is 35.4 Å². The molecule has 9 nitrogen and oxygen atoms in total. The number of nitrogens with one attached hydrogen (secondary N) is 1. The van der Waals surface area contributed by atoms with E-state index in [9.17, 15) is 19.1 Å². The van der Waals surface area contributed by atoms with Crippen molar-refractivity contribution in [3.63, 3.8) is 0 Å². The van der Waals surface area contributed by atoms with E-state index in [-0.39, 0.29) is 53.8 Å². The van der Waals surface area contributed by atoms with Gasteiger partial charge in [0.2, 0.25) is 5.91 Å². The third-order valence-electron chi connectivity index (χ3n) is 8.21. The predicted octanol–water partition coefficient (Wildman–Crippen LogP) is 5.33. The van der Waals surface area contributed by atoms with Crippen molar-refractivity contribution in [3.8, 4) is 22.8 Å². The largest absolute Gasteiger partial charge is 0.494 e. The van der Waals surface area contributed by atoms with Gasteiger partial charge in [0.05, 0.1) is 40.7 Å². The van der Waals surface area contributed by atoms with E-state index in [1.54, 1.807) is 18.2 Å². The highest BCUT2D eigenvalue weighted by molar-refractivity contribution is 7.18. The normalized spacial score (nSPS) is 17.9. The van der Waals surface area contributed by atoms with Crippen LogP contribution < -0.4 is 20.5 Å². The van der Waals surface area contributed by atoms with E-state index >= 15 is 4.39 Å². The number of primary amides is 1. The number of alkyl halides is 1. The number of hydrogen-bond donors (Lipinski definition) is 3. The van der Waals surface area contributed by atoms with Crippen LogP contribution in [0.1, 0.15) is 58.2 Å². The van der Waals surface area contributed by atoms with Crippen LogP contribution in [-0.4, -0.2) is 52.8 Å². The van der Waals surface area contributed by atoms with Crippen LogP contribution >= 0.6 is 22.9 Å². The summed E-state index contributed by atoms with van der Waals surface area (Å²) in [5.41, 5.74) is 3.15. The maximum Gasteiger partial charge on any atom is 0.251 e. The van der Waals surface area contributed by atoms with Gasteiger partial charge in [-0.1, -0.05) is 11.6 Å². The van der Waals surface area contributed by atoms with Crippen LogP contribution in [0.4, 0.5) is 8.78 Å². The van der Waals surface area contributed by atoms with Gasteiger partial charge in [-0.2, -0.15) is 0 Å². The molecule has 2 aliphatic rings. The number of halogens is 3. The van der Waals surface area contributed by atoms with Crippen LogP contribution in [0.15, 0.2) is 36.4 Å². The van der Waals surface area contributed by atoms with Crippen molar-refractivity contribution in [1.82, 2.24) is 15.3 Å². The quantitative estimate of drug-likeness (QED) is 0.213. The highest BCUT2D eigenvalue weighted by Crippen LogP contribution is 2.54. The Morgan fingerprint density at radius 1 is 1.27 bits per heavy atom. The van der Waals surface area contributed by atoms with Crippen molar-refractivity contribution in [2.45, 2.75) is 49.8 Å². The van der Waals surface area contributed by atoms with Crippen LogP contribution in [0.25, 0.3) is 21.5 Å². The molecule has 4 N–H and O–H groups in total. The second-order valence-electron chi connectivity index (χ2n) is 11.2. The molecule has 13 heteroatoms. The first kappa shape index (κ1) is 30.2. The molecule has 1 aliphatic carbocycles. The smallest absolute Gasteiger partial charge is 0.251 e. The Kier molecular flexibility index (Phi) is 7.71. The molecule has 0 saturated heterocycles. The Morgan fingerprint density at radius 3 is 2.73 bits per heavy atom. The maximum absolute atomic E-state index is 16.1. The molecular formula is C31H29ClF2N4O5S. The number of carbonyl (C=O) groups is 2. The van der Waals surface area contributed by atoms with Gasteiger partial charge in [0.25, 0.3) is 5.91 Å². The van der Waals surface area contributed by atoms with Crippen LogP contribution in [0.3, 0.4) is 0 Å². The molecule has 1 fully saturated rings. The minimum Gasteiger partial charge on any atom is -0.494 e. The van der Waals surface area contributed by atoms with Crippen molar-refractivity contribution >= 4 is 45.0 Å². The van der Waals surface area contributed by atoms with Crippen molar-refractivity contribution < 1.29 is 33.0 Å². The van der Waals surface area contributed by atoms with Gasteiger partial charge in [-0.15, -0.1) is 11.3 Å². The number of fused-ring (bicyclic) bond motifs is 2. The number of thiazole rings is 1. The Bertz CT molecular complexity index is 1810. The van der Waals surface area contributed by atoms with Crippen molar-refractivity contribution in [2.75, 3.05) is 20.3 Å². The summed E-state index contributed by atoms with van der Waals surface area (Å²) in [6, 6.07) is 8.78. The maximum atomic E-state index is 16.1. The van der Waals surface area contributed by atoms with E-state index in [0.717, 1.165) is 9.71 Å². The first-order valence-corrected chi connectivity index (χ1v) is 15.2. The molecule has 1 aliphatic heterocycles. The lowest BCUT2D eigenvalue weighted by atomic mass is 9.86. The first-order valence-electron chi connectivity index (χ1n) is 14.0. The van der Waals surface area contributed by atoms with Crippen LogP contribution in [-0.2, 0) is 10.4 Å².